The van der Waals surface area contributed by atoms with Crippen LogP contribution in [0.4, 0.5) is 0 Å². The maximum absolute atomic E-state index is 9.35. The van der Waals surface area contributed by atoms with E-state index >= 15 is 0 Å². The topological polar surface area (TPSA) is 45.0 Å². The van der Waals surface area contributed by atoms with Gasteiger partial charge in [0.1, 0.15) is 5.75 Å². The second-order valence-electron chi connectivity index (χ2n) is 5.10. The molecular weight excluding hydrogens is 224 g/mol. The number of hydrogen-bond acceptors (Lipinski definition) is 3. The predicted octanol–water partition coefficient (Wildman–Crippen LogP) is 2.69. The van der Waals surface area contributed by atoms with Crippen molar-refractivity contribution in [3.05, 3.63) is 29.8 Å². The lowest BCUT2D eigenvalue weighted by molar-refractivity contribution is 0.242. The molecule has 0 saturated carbocycles. The summed E-state index contributed by atoms with van der Waals surface area (Å²) in [6.07, 6.45) is 1.27. The number of rotatable bonds is 4. The van der Waals surface area contributed by atoms with E-state index < -0.39 is 0 Å². The molecule has 0 aliphatic carbocycles. The number of benzene rings is 1. The fourth-order valence-electron chi connectivity index (χ4n) is 2.44. The van der Waals surface area contributed by atoms with Gasteiger partial charge >= 0.3 is 0 Å². The normalized spacial score (nSPS) is 20.7. The standard InChI is InChI=1S/C15H20N2O/c1-11(2)18-14-5-3-12(4-6-14)15(9-16)13-7-8-17-10-13/h3-6,11,13,15,17H,7-8,10H2,1-2H3. The zero-order valence-electron chi connectivity index (χ0n) is 11.0. The Morgan fingerprint density at radius 1 is 1.33 bits per heavy atom. The van der Waals surface area contributed by atoms with Crippen LogP contribution in [-0.2, 0) is 0 Å². The lowest BCUT2D eigenvalue weighted by Crippen LogP contribution is -2.15. The summed E-state index contributed by atoms with van der Waals surface area (Å²) in [4.78, 5) is 0. The van der Waals surface area contributed by atoms with Crippen LogP contribution in [0.3, 0.4) is 0 Å². The summed E-state index contributed by atoms with van der Waals surface area (Å²) in [6.45, 7) is 5.99. The highest BCUT2D eigenvalue weighted by atomic mass is 16.5. The average Bonchev–Trinajstić information content (AvgIpc) is 2.85. The molecule has 2 unspecified atom stereocenters. The van der Waals surface area contributed by atoms with Crippen LogP contribution in [0.15, 0.2) is 24.3 Å². The first-order chi connectivity index (χ1) is 8.70. The molecule has 1 heterocycles. The second-order valence-corrected chi connectivity index (χ2v) is 5.10. The molecule has 0 bridgehead atoms. The third kappa shape index (κ3) is 3.02. The highest BCUT2D eigenvalue weighted by Gasteiger charge is 2.25. The Labute approximate surface area is 109 Å². The molecule has 1 fully saturated rings. The highest BCUT2D eigenvalue weighted by molar-refractivity contribution is 5.33. The van der Waals surface area contributed by atoms with Gasteiger partial charge in [-0.25, -0.2) is 0 Å². The third-order valence-electron chi connectivity index (χ3n) is 3.32. The smallest absolute Gasteiger partial charge is 0.119 e. The van der Waals surface area contributed by atoms with Crippen molar-refractivity contribution in [3.8, 4) is 11.8 Å². The first kappa shape index (κ1) is 12.9. The molecule has 2 rings (SSSR count). The lowest BCUT2D eigenvalue weighted by Gasteiger charge is -2.17. The van der Waals surface area contributed by atoms with Crippen LogP contribution in [0, 0.1) is 17.2 Å². The average molecular weight is 244 g/mol. The Bertz CT molecular complexity index is 413. The minimum absolute atomic E-state index is 0.00639. The van der Waals surface area contributed by atoms with Gasteiger partial charge in [0.15, 0.2) is 0 Å². The Hall–Kier alpha value is -1.53. The van der Waals surface area contributed by atoms with E-state index in [0.29, 0.717) is 5.92 Å². The Morgan fingerprint density at radius 2 is 2.06 bits per heavy atom. The number of hydrogen-bond donors (Lipinski definition) is 1. The monoisotopic (exact) mass is 244 g/mol. The number of nitriles is 1. The summed E-state index contributed by atoms with van der Waals surface area (Å²) in [7, 11) is 0. The number of nitrogens with one attached hydrogen (secondary N) is 1. The SMILES string of the molecule is CC(C)Oc1ccc(C(C#N)C2CCNC2)cc1. The van der Waals surface area contributed by atoms with E-state index in [9.17, 15) is 5.26 Å². The van der Waals surface area contributed by atoms with Gasteiger partial charge in [-0.05, 0) is 57.0 Å². The molecule has 1 N–H and O–H groups in total. The molecule has 0 aromatic heterocycles. The van der Waals surface area contributed by atoms with E-state index in [1.54, 1.807) is 0 Å². The van der Waals surface area contributed by atoms with Gasteiger partial charge in [0.05, 0.1) is 18.1 Å². The van der Waals surface area contributed by atoms with Crippen LogP contribution < -0.4 is 10.1 Å². The van der Waals surface area contributed by atoms with E-state index in [-0.39, 0.29) is 12.0 Å². The quantitative estimate of drug-likeness (QED) is 0.885. The maximum atomic E-state index is 9.35. The summed E-state index contributed by atoms with van der Waals surface area (Å²) in [5, 5.41) is 12.7. The summed E-state index contributed by atoms with van der Waals surface area (Å²) in [6, 6.07) is 10.4. The molecule has 1 aliphatic heterocycles. The van der Waals surface area contributed by atoms with Crippen molar-refractivity contribution >= 4 is 0 Å². The van der Waals surface area contributed by atoms with Gasteiger partial charge in [0.25, 0.3) is 0 Å². The number of nitrogens with zero attached hydrogens (tertiary/aromatic N) is 1. The van der Waals surface area contributed by atoms with Gasteiger partial charge in [-0.1, -0.05) is 12.1 Å². The van der Waals surface area contributed by atoms with Crippen molar-refractivity contribution in [2.24, 2.45) is 5.92 Å². The van der Waals surface area contributed by atoms with Gasteiger partial charge < -0.3 is 10.1 Å². The van der Waals surface area contributed by atoms with Crippen LogP contribution >= 0.6 is 0 Å². The zero-order valence-corrected chi connectivity index (χ0v) is 11.0. The first-order valence-corrected chi connectivity index (χ1v) is 6.57. The highest BCUT2D eigenvalue weighted by Crippen LogP contribution is 2.29. The predicted molar refractivity (Wildman–Crippen MR) is 71.5 cm³/mol. The van der Waals surface area contributed by atoms with Gasteiger partial charge in [-0.15, -0.1) is 0 Å². The fourth-order valence-corrected chi connectivity index (χ4v) is 2.44. The Morgan fingerprint density at radius 3 is 2.56 bits per heavy atom. The molecule has 0 amide bonds. The number of ether oxygens (including phenoxy) is 1. The molecule has 1 aromatic rings. The summed E-state index contributed by atoms with van der Waals surface area (Å²) in [5.41, 5.74) is 1.10. The molecule has 96 valence electrons. The van der Waals surface area contributed by atoms with E-state index in [1.807, 2.05) is 38.1 Å². The first-order valence-electron chi connectivity index (χ1n) is 6.57. The van der Waals surface area contributed by atoms with Gasteiger partial charge in [-0.3, -0.25) is 0 Å². The minimum Gasteiger partial charge on any atom is -0.491 e. The van der Waals surface area contributed by atoms with Crippen LogP contribution in [0.1, 0.15) is 31.7 Å². The summed E-state index contributed by atoms with van der Waals surface area (Å²) in [5.74, 6) is 1.30. The van der Waals surface area contributed by atoms with Crippen molar-refractivity contribution in [1.29, 1.82) is 5.26 Å². The van der Waals surface area contributed by atoms with Crippen molar-refractivity contribution in [1.82, 2.24) is 5.32 Å². The van der Waals surface area contributed by atoms with Crippen molar-refractivity contribution in [2.45, 2.75) is 32.3 Å². The van der Waals surface area contributed by atoms with Crippen molar-refractivity contribution in [2.75, 3.05) is 13.1 Å². The molecule has 1 aliphatic rings. The van der Waals surface area contributed by atoms with Gasteiger partial charge in [0.2, 0.25) is 0 Å². The van der Waals surface area contributed by atoms with Crippen molar-refractivity contribution in [3.63, 3.8) is 0 Å². The maximum Gasteiger partial charge on any atom is 0.119 e. The molecule has 1 saturated heterocycles. The lowest BCUT2D eigenvalue weighted by atomic mass is 9.86. The van der Waals surface area contributed by atoms with E-state index in [0.717, 1.165) is 30.8 Å². The summed E-state index contributed by atoms with van der Waals surface area (Å²) >= 11 is 0. The Balaban J connectivity index is 2.09. The molecule has 0 spiro atoms. The van der Waals surface area contributed by atoms with Gasteiger partial charge in [0, 0.05) is 0 Å². The zero-order chi connectivity index (χ0) is 13.0. The molecule has 18 heavy (non-hydrogen) atoms. The Kier molecular flexibility index (Phi) is 4.22. The van der Waals surface area contributed by atoms with E-state index in [1.165, 1.54) is 0 Å². The molecular formula is C15H20N2O. The van der Waals surface area contributed by atoms with Crippen LogP contribution in [0.25, 0.3) is 0 Å². The van der Waals surface area contributed by atoms with Crippen LogP contribution in [0.2, 0.25) is 0 Å². The van der Waals surface area contributed by atoms with Gasteiger partial charge in [-0.2, -0.15) is 5.26 Å². The molecule has 2 atom stereocenters. The molecule has 0 radical (unpaired) electrons. The van der Waals surface area contributed by atoms with Crippen LogP contribution in [-0.4, -0.2) is 19.2 Å². The largest absolute Gasteiger partial charge is 0.491 e. The van der Waals surface area contributed by atoms with Crippen molar-refractivity contribution < 1.29 is 4.74 Å². The van der Waals surface area contributed by atoms with E-state index in [4.69, 9.17) is 4.74 Å². The molecule has 3 heteroatoms. The third-order valence-corrected chi connectivity index (χ3v) is 3.32. The minimum atomic E-state index is -0.00639. The second kappa shape index (κ2) is 5.88. The fraction of sp³-hybridized carbons (Fsp3) is 0.533. The molecule has 3 nitrogen and oxygen atoms in total. The summed E-state index contributed by atoms with van der Waals surface area (Å²) < 4.78 is 5.61. The van der Waals surface area contributed by atoms with Crippen LogP contribution in [0.5, 0.6) is 5.75 Å². The molecule has 1 aromatic carbocycles. The van der Waals surface area contributed by atoms with E-state index in [2.05, 4.69) is 11.4 Å².